The number of anilines is 2. The van der Waals surface area contributed by atoms with Gasteiger partial charge in [-0.3, -0.25) is 14.4 Å². The summed E-state index contributed by atoms with van der Waals surface area (Å²) in [5.41, 5.74) is 3.97. The van der Waals surface area contributed by atoms with E-state index in [1.54, 1.807) is 17.0 Å². The van der Waals surface area contributed by atoms with Crippen molar-refractivity contribution < 1.29 is 14.4 Å². The van der Waals surface area contributed by atoms with Crippen molar-refractivity contribution in [1.29, 1.82) is 0 Å². The summed E-state index contributed by atoms with van der Waals surface area (Å²) < 4.78 is 0. The summed E-state index contributed by atoms with van der Waals surface area (Å²) in [5, 5.41) is 0. The molecule has 6 nitrogen and oxygen atoms in total. The highest BCUT2D eigenvalue weighted by Crippen LogP contribution is 2.43. The fourth-order valence-corrected chi connectivity index (χ4v) is 6.19. The first-order valence-electron chi connectivity index (χ1n) is 15.2. The van der Waals surface area contributed by atoms with Crippen LogP contribution in [0.4, 0.5) is 11.4 Å². The summed E-state index contributed by atoms with van der Waals surface area (Å²) in [6.45, 7) is 4.66. The third-order valence-corrected chi connectivity index (χ3v) is 8.13. The number of para-hydroxylation sites is 2. The predicted octanol–water partition coefficient (Wildman–Crippen LogP) is 7.10. The van der Waals surface area contributed by atoms with Gasteiger partial charge in [0.15, 0.2) is 0 Å². The monoisotopic (exact) mass is 573 g/mol. The van der Waals surface area contributed by atoms with Crippen LogP contribution in [0.2, 0.25) is 0 Å². The van der Waals surface area contributed by atoms with Crippen molar-refractivity contribution >= 4 is 29.1 Å². The molecule has 1 unspecified atom stereocenters. The van der Waals surface area contributed by atoms with E-state index < -0.39 is 0 Å². The van der Waals surface area contributed by atoms with Crippen molar-refractivity contribution in [2.75, 3.05) is 16.3 Å². The van der Waals surface area contributed by atoms with E-state index in [1.807, 2.05) is 127 Å². The largest absolute Gasteiger partial charge is 0.325 e. The highest BCUT2D eigenvalue weighted by molar-refractivity contribution is 6.08. The molecule has 1 aliphatic heterocycles. The van der Waals surface area contributed by atoms with Crippen LogP contribution in [0.5, 0.6) is 0 Å². The molecule has 3 amide bonds. The molecule has 6 rings (SSSR count). The zero-order chi connectivity index (χ0) is 30.2. The fourth-order valence-electron chi connectivity index (χ4n) is 6.19. The Balaban J connectivity index is 0.00000180. The van der Waals surface area contributed by atoms with Crippen molar-refractivity contribution in [1.82, 2.24) is 4.90 Å². The molecule has 0 bridgehead atoms. The maximum Gasteiger partial charge on any atom is 0.254 e. The van der Waals surface area contributed by atoms with E-state index in [-0.39, 0.29) is 36.2 Å². The summed E-state index contributed by atoms with van der Waals surface area (Å²) in [4.78, 5) is 47.4. The highest BCUT2D eigenvalue weighted by Gasteiger charge is 2.45. The van der Waals surface area contributed by atoms with Gasteiger partial charge in [-0.05, 0) is 48.2 Å². The average molecular weight is 574 g/mol. The topological polar surface area (TPSA) is 60.9 Å². The minimum absolute atomic E-state index is 0.0561. The number of carbonyl (C=O) groups is 3. The molecule has 43 heavy (non-hydrogen) atoms. The standard InChI is InChI=1S/C35H33N3O3.C2H6/c39-33(25-36(23-26-13-4-1-5-14-26)34(40)28-17-8-3-9-18-28)38-30-22-12-19-29(30)35(41)37(24-27-15-6-2-7-16-27)31-20-10-11-21-32(31)38;1-2/h1-11,13-18,20-21,29-30H,12,19,22-25H2;1-2H3/t29-,30?;/m0./s1. The number of amides is 3. The van der Waals surface area contributed by atoms with Crippen molar-refractivity contribution in [3.8, 4) is 0 Å². The molecule has 0 radical (unpaired) electrons. The molecule has 1 heterocycles. The van der Waals surface area contributed by atoms with Crippen LogP contribution >= 0.6 is 0 Å². The first kappa shape index (κ1) is 29.8. The van der Waals surface area contributed by atoms with Gasteiger partial charge in [0.05, 0.1) is 23.8 Å². The van der Waals surface area contributed by atoms with E-state index in [4.69, 9.17) is 0 Å². The second-order valence-electron chi connectivity index (χ2n) is 10.8. The van der Waals surface area contributed by atoms with Gasteiger partial charge in [-0.1, -0.05) is 111 Å². The normalized spacial score (nSPS) is 17.2. The SMILES string of the molecule is CC.O=C(c1ccccc1)N(CC(=O)N1c2ccccc2N(Cc2ccccc2)C(=O)[C@H]2CCCC21)Cc1ccccc1. The van der Waals surface area contributed by atoms with E-state index >= 15 is 0 Å². The Hall–Kier alpha value is -4.71. The van der Waals surface area contributed by atoms with Crippen LogP contribution in [0.3, 0.4) is 0 Å². The molecule has 2 aliphatic rings. The zero-order valence-electron chi connectivity index (χ0n) is 24.9. The van der Waals surface area contributed by atoms with E-state index in [2.05, 4.69) is 0 Å². The van der Waals surface area contributed by atoms with Crippen molar-refractivity contribution in [3.05, 3.63) is 132 Å². The number of hydrogen-bond acceptors (Lipinski definition) is 3. The van der Waals surface area contributed by atoms with Gasteiger partial charge in [-0.2, -0.15) is 0 Å². The second-order valence-corrected chi connectivity index (χ2v) is 10.8. The summed E-state index contributed by atoms with van der Waals surface area (Å²) in [6.07, 6.45) is 2.37. The van der Waals surface area contributed by atoms with Gasteiger partial charge in [0.2, 0.25) is 11.8 Å². The number of fused-ring (bicyclic) bond motifs is 2. The molecule has 4 aromatic rings. The summed E-state index contributed by atoms with van der Waals surface area (Å²) in [7, 11) is 0. The van der Waals surface area contributed by atoms with Crippen molar-refractivity contribution in [2.24, 2.45) is 5.92 Å². The number of nitrogens with zero attached hydrogens (tertiary/aromatic N) is 3. The lowest BCUT2D eigenvalue weighted by molar-refractivity contribution is -0.123. The smallest absolute Gasteiger partial charge is 0.254 e. The number of hydrogen-bond donors (Lipinski definition) is 0. The van der Waals surface area contributed by atoms with Gasteiger partial charge in [0.1, 0.15) is 6.54 Å². The Labute approximate surface area is 254 Å². The van der Waals surface area contributed by atoms with Gasteiger partial charge in [-0.15, -0.1) is 0 Å². The third kappa shape index (κ3) is 6.54. The minimum Gasteiger partial charge on any atom is -0.325 e. The molecule has 1 fully saturated rings. The van der Waals surface area contributed by atoms with Crippen LogP contribution in [0.15, 0.2) is 115 Å². The molecule has 2 atom stereocenters. The average Bonchev–Trinajstić information content (AvgIpc) is 3.52. The summed E-state index contributed by atoms with van der Waals surface area (Å²) in [6, 6.07) is 36.2. The molecule has 0 N–H and O–H groups in total. The molecule has 1 saturated carbocycles. The Kier molecular flexibility index (Phi) is 9.67. The Bertz CT molecular complexity index is 1520. The maximum absolute atomic E-state index is 14.4. The van der Waals surface area contributed by atoms with Crippen LogP contribution in [0.25, 0.3) is 0 Å². The maximum atomic E-state index is 14.4. The Morgan fingerprint density at radius 3 is 1.93 bits per heavy atom. The predicted molar refractivity (Wildman–Crippen MR) is 172 cm³/mol. The van der Waals surface area contributed by atoms with Crippen LogP contribution in [-0.2, 0) is 22.7 Å². The lowest BCUT2D eigenvalue weighted by atomic mass is 10.0. The molecule has 0 spiro atoms. The van der Waals surface area contributed by atoms with Gasteiger partial charge in [-0.25, -0.2) is 0 Å². The third-order valence-electron chi connectivity index (χ3n) is 8.13. The molecule has 220 valence electrons. The van der Waals surface area contributed by atoms with E-state index in [1.165, 1.54) is 0 Å². The summed E-state index contributed by atoms with van der Waals surface area (Å²) in [5.74, 6) is -0.609. The van der Waals surface area contributed by atoms with Gasteiger partial charge < -0.3 is 14.7 Å². The number of rotatable bonds is 7. The fraction of sp³-hybridized carbons (Fsp3) is 0.270. The van der Waals surface area contributed by atoms with Crippen LogP contribution in [-0.4, -0.2) is 35.2 Å². The lowest BCUT2D eigenvalue weighted by Gasteiger charge is -2.33. The number of benzene rings is 4. The zero-order valence-corrected chi connectivity index (χ0v) is 24.9. The molecule has 4 aromatic carbocycles. The minimum atomic E-state index is -0.289. The quantitative estimate of drug-likeness (QED) is 0.237. The van der Waals surface area contributed by atoms with Gasteiger partial charge in [0, 0.05) is 18.2 Å². The Morgan fingerprint density at radius 2 is 1.28 bits per heavy atom. The van der Waals surface area contributed by atoms with Crippen molar-refractivity contribution in [3.63, 3.8) is 0 Å². The van der Waals surface area contributed by atoms with Crippen LogP contribution < -0.4 is 9.80 Å². The molecule has 0 saturated heterocycles. The first-order chi connectivity index (χ1) is 21.1. The van der Waals surface area contributed by atoms with E-state index in [9.17, 15) is 14.4 Å². The van der Waals surface area contributed by atoms with Gasteiger partial charge in [0.25, 0.3) is 5.91 Å². The summed E-state index contributed by atoms with van der Waals surface area (Å²) >= 11 is 0. The van der Waals surface area contributed by atoms with Crippen molar-refractivity contribution in [2.45, 2.75) is 52.2 Å². The van der Waals surface area contributed by atoms with E-state index in [0.717, 1.165) is 41.8 Å². The Morgan fingerprint density at radius 1 is 0.721 bits per heavy atom. The number of carbonyl (C=O) groups excluding carboxylic acids is 3. The second kappa shape index (κ2) is 14.0. The first-order valence-corrected chi connectivity index (χ1v) is 15.2. The molecular formula is C37H39N3O3. The molecule has 1 aliphatic carbocycles. The molecular weight excluding hydrogens is 534 g/mol. The lowest BCUT2D eigenvalue weighted by Crippen LogP contribution is -2.49. The highest BCUT2D eigenvalue weighted by atomic mass is 16.2. The van der Waals surface area contributed by atoms with Crippen LogP contribution in [0, 0.1) is 5.92 Å². The molecule has 6 heteroatoms. The van der Waals surface area contributed by atoms with Crippen LogP contribution in [0.1, 0.15) is 54.6 Å². The van der Waals surface area contributed by atoms with E-state index in [0.29, 0.717) is 18.7 Å². The van der Waals surface area contributed by atoms with Gasteiger partial charge >= 0.3 is 0 Å². The molecule has 0 aromatic heterocycles.